The molecular weight excluding hydrogens is 654 g/mol. The SMILES string of the molecule is COCOc1c(OC)c(C)cc2c1C1C3Cc4c(OC(C)=O)c(C)c5c(c4[C@H](COC(=O)/C=C/c4ccccc4)N3[C@@H](C#N)C(C2)N1C)OCO5. The van der Waals surface area contributed by atoms with Gasteiger partial charge in [-0.25, -0.2) is 4.79 Å². The van der Waals surface area contributed by atoms with Gasteiger partial charge in [-0.05, 0) is 56.5 Å². The molecule has 0 amide bonds. The first-order chi connectivity index (χ1) is 24.7. The number of hydrogen-bond acceptors (Lipinski definition) is 12. The summed E-state index contributed by atoms with van der Waals surface area (Å²) in [5.41, 5.74) is 5.83. The second-order valence-corrected chi connectivity index (χ2v) is 13.2. The van der Waals surface area contributed by atoms with Gasteiger partial charge in [0.25, 0.3) is 0 Å². The van der Waals surface area contributed by atoms with E-state index in [-0.39, 0.29) is 38.3 Å². The molecule has 266 valence electrons. The van der Waals surface area contributed by atoms with E-state index in [1.807, 2.05) is 51.2 Å². The van der Waals surface area contributed by atoms with Crippen LogP contribution in [-0.4, -0.2) is 81.3 Å². The third-order valence-electron chi connectivity index (χ3n) is 10.4. The fourth-order valence-corrected chi connectivity index (χ4v) is 8.45. The number of likely N-dealkylation sites (N-methyl/N-ethyl adjacent to an activating group) is 1. The Morgan fingerprint density at radius 2 is 1.78 bits per heavy atom. The molecule has 12 nitrogen and oxygen atoms in total. The van der Waals surface area contributed by atoms with E-state index in [0.29, 0.717) is 52.7 Å². The van der Waals surface area contributed by atoms with E-state index in [1.54, 1.807) is 20.3 Å². The molecule has 1 fully saturated rings. The average Bonchev–Trinajstić information content (AvgIpc) is 3.61. The summed E-state index contributed by atoms with van der Waals surface area (Å²) in [7, 11) is 5.22. The van der Waals surface area contributed by atoms with Crippen LogP contribution in [0.5, 0.6) is 28.7 Å². The maximum absolute atomic E-state index is 13.3. The number of nitrogens with zero attached hydrogens (tertiary/aromatic N) is 3. The molecule has 1 saturated heterocycles. The van der Waals surface area contributed by atoms with E-state index in [4.69, 9.17) is 33.2 Å². The quantitative estimate of drug-likeness (QED) is 0.130. The lowest BCUT2D eigenvalue weighted by Crippen LogP contribution is -2.68. The molecule has 3 unspecified atom stereocenters. The van der Waals surface area contributed by atoms with Crippen molar-refractivity contribution in [2.45, 2.75) is 63.8 Å². The highest BCUT2D eigenvalue weighted by Gasteiger charge is 2.57. The number of piperazine rings is 1. The molecule has 2 bridgehead atoms. The Bertz CT molecular complexity index is 1940. The molecule has 7 rings (SSSR count). The molecule has 0 saturated carbocycles. The van der Waals surface area contributed by atoms with Crippen molar-refractivity contribution in [2.24, 2.45) is 0 Å². The molecule has 5 atom stereocenters. The van der Waals surface area contributed by atoms with Gasteiger partial charge in [0.2, 0.25) is 6.79 Å². The van der Waals surface area contributed by atoms with Crippen molar-refractivity contribution in [3.63, 3.8) is 0 Å². The van der Waals surface area contributed by atoms with Gasteiger partial charge in [-0.15, -0.1) is 0 Å². The van der Waals surface area contributed by atoms with Gasteiger partial charge in [-0.1, -0.05) is 36.4 Å². The molecular formula is C39H41N3O9. The van der Waals surface area contributed by atoms with E-state index >= 15 is 0 Å². The molecule has 4 aliphatic heterocycles. The average molecular weight is 696 g/mol. The molecule has 0 aromatic heterocycles. The van der Waals surface area contributed by atoms with Crippen LogP contribution in [0.25, 0.3) is 6.08 Å². The highest BCUT2D eigenvalue weighted by Crippen LogP contribution is 2.58. The first kappa shape index (κ1) is 34.4. The van der Waals surface area contributed by atoms with Crippen molar-refractivity contribution in [3.05, 3.63) is 81.4 Å². The molecule has 0 radical (unpaired) electrons. The van der Waals surface area contributed by atoms with E-state index in [1.165, 1.54) is 13.0 Å². The largest absolute Gasteiger partial charge is 0.493 e. The molecule has 4 heterocycles. The minimum atomic E-state index is -0.654. The van der Waals surface area contributed by atoms with Gasteiger partial charge in [0, 0.05) is 54.4 Å². The van der Waals surface area contributed by atoms with Crippen LogP contribution < -0.4 is 23.7 Å². The predicted molar refractivity (Wildman–Crippen MR) is 185 cm³/mol. The van der Waals surface area contributed by atoms with Gasteiger partial charge in [0.05, 0.1) is 25.3 Å². The Balaban J connectivity index is 1.40. The summed E-state index contributed by atoms with van der Waals surface area (Å²) >= 11 is 0. The third kappa shape index (κ3) is 5.85. The number of esters is 2. The van der Waals surface area contributed by atoms with Crippen LogP contribution in [0, 0.1) is 25.2 Å². The van der Waals surface area contributed by atoms with Gasteiger partial charge in [-0.3, -0.25) is 14.6 Å². The first-order valence-corrected chi connectivity index (χ1v) is 16.9. The van der Waals surface area contributed by atoms with E-state index in [0.717, 1.165) is 27.8 Å². The summed E-state index contributed by atoms with van der Waals surface area (Å²) in [6, 6.07) is 12.1. The highest BCUT2D eigenvalue weighted by molar-refractivity contribution is 5.87. The van der Waals surface area contributed by atoms with Gasteiger partial charge < -0.3 is 33.2 Å². The van der Waals surface area contributed by atoms with Crippen LogP contribution in [0.3, 0.4) is 0 Å². The summed E-state index contributed by atoms with van der Waals surface area (Å²) < 4.78 is 41.5. The van der Waals surface area contributed by atoms with Crippen LogP contribution in [-0.2, 0) is 31.9 Å². The maximum Gasteiger partial charge on any atom is 0.330 e. The minimum Gasteiger partial charge on any atom is -0.493 e. The molecule has 3 aromatic rings. The maximum atomic E-state index is 13.3. The number of nitriles is 1. The number of benzene rings is 3. The Labute approximate surface area is 297 Å². The van der Waals surface area contributed by atoms with Crippen molar-refractivity contribution >= 4 is 18.0 Å². The zero-order chi connectivity index (χ0) is 36.0. The number of fused-ring (bicyclic) bond motifs is 9. The van der Waals surface area contributed by atoms with Gasteiger partial charge >= 0.3 is 11.9 Å². The summed E-state index contributed by atoms with van der Waals surface area (Å²) in [6.07, 6.45) is 4.04. The van der Waals surface area contributed by atoms with Gasteiger partial charge in [0.15, 0.2) is 29.8 Å². The molecule has 4 aliphatic rings. The second kappa shape index (κ2) is 13.9. The Hall–Kier alpha value is -5.09. The summed E-state index contributed by atoms with van der Waals surface area (Å²) in [4.78, 5) is 30.3. The number of hydrogen-bond donors (Lipinski definition) is 0. The summed E-state index contributed by atoms with van der Waals surface area (Å²) in [6.45, 7) is 5.06. The predicted octanol–water partition coefficient (Wildman–Crippen LogP) is 4.98. The number of methoxy groups -OCH3 is 2. The van der Waals surface area contributed by atoms with Crippen molar-refractivity contribution in [1.82, 2.24) is 9.80 Å². The van der Waals surface area contributed by atoms with Crippen molar-refractivity contribution in [2.75, 3.05) is 41.5 Å². The topological polar surface area (TPSA) is 129 Å². The fourth-order valence-electron chi connectivity index (χ4n) is 8.45. The van der Waals surface area contributed by atoms with Crippen LogP contribution in [0.15, 0.2) is 42.5 Å². The van der Waals surface area contributed by atoms with Crippen LogP contribution in [0.1, 0.15) is 58.0 Å². The normalized spacial score (nSPS) is 23.1. The molecule has 51 heavy (non-hydrogen) atoms. The van der Waals surface area contributed by atoms with E-state index in [2.05, 4.69) is 21.9 Å². The summed E-state index contributed by atoms with van der Waals surface area (Å²) in [5.74, 6) is 1.53. The Morgan fingerprint density at radius 1 is 1.02 bits per heavy atom. The second-order valence-electron chi connectivity index (χ2n) is 13.2. The van der Waals surface area contributed by atoms with Crippen LogP contribution in [0.4, 0.5) is 0 Å². The molecule has 0 aliphatic carbocycles. The monoisotopic (exact) mass is 695 g/mol. The summed E-state index contributed by atoms with van der Waals surface area (Å²) in [5, 5.41) is 11.0. The van der Waals surface area contributed by atoms with E-state index in [9.17, 15) is 14.9 Å². The van der Waals surface area contributed by atoms with Crippen molar-refractivity contribution in [1.29, 1.82) is 5.26 Å². The molecule has 3 aromatic carbocycles. The van der Waals surface area contributed by atoms with Gasteiger partial charge in [-0.2, -0.15) is 5.26 Å². The van der Waals surface area contributed by atoms with Crippen molar-refractivity contribution in [3.8, 4) is 34.8 Å². The van der Waals surface area contributed by atoms with E-state index < -0.39 is 24.0 Å². The van der Waals surface area contributed by atoms with Gasteiger partial charge in [0.1, 0.15) is 18.4 Å². The molecule has 0 spiro atoms. The first-order valence-electron chi connectivity index (χ1n) is 16.9. The lowest BCUT2D eigenvalue weighted by atomic mass is 9.71. The fraction of sp³-hybridized carbons (Fsp3) is 0.410. The lowest BCUT2D eigenvalue weighted by Gasteiger charge is -2.59. The Kier molecular flexibility index (Phi) is 9.37. The minimum absolute atomic E-state index is 0.0124. The third-order valence-corrected chi connectivity index (χ3v) is 10.4. The van der Waals surface area contributed by atoms with Crippen LogP contribution >= 0.6 is 0 Å². The molecule has 0 N–H and O–H groups in total. The standard InChI is InChI=1S/C39H41N3O9/c1-21-14-25-15-27-29(17-40)42-28(34(41(27)4)32(25)38(35(21)46-6)48-19-45-5)16-26-33(39-37(49-20-50-39)22(2)36(26)51-23(3)43)30(42)18-47-31(44)13-12-24-10-8-7-9-11-24/h7-14,27-30,34H,15-16,18-20H2,1-6H3/b13-12+/t27?,28?,29-,30-,34?/m0/s1. The number of carbonyl (C=O) groups is 2. The zero-order valence-electron chi connectivity index (χ0n) is 29.6. The zero-order valence-corrected chi connectivity index (χ0v) is 29.6. The number of rotatable bonds is 9. The lowest BCUT2D eigenvalue weighted by molar-refractivity contribution is -0.143. The number of carbonyl (C=O) groups excluding carboxylic acids is 2. The highest BCUT2D eigenvalue weighted by atomic mass is 16.7. The smallest absolute Gasteiger partial charge is 0.330 e. The number of ether oxygens (including phenoxy) is 7. The Morgan fingerprint density at radius 3 is 2.49 bits per heavy atom. The number of aryl methyl sites for hydroxylation is 1. The van der Waals surface area contributed by atoms with Crippen molar-refractivity contribution < 1.29 is 42.7 Å². The molecule has 12 heteroatoms. The van der Waals surface area contributed by atoms with Crippen LogP contribution in [0.2, 0.25) is 0 Å².